The first kappa shape index (κ1) is 13.8. The zero-order valence-corrected chi connectivity index (χ0v) is 12.2. The minimum absolute atomic E-state index is 0.493. The predicted octanol–water partition coefficient (Wildman–Crippen LogP) is 4.37. The van der Waals surface area contributed by atoms with Crippen LogP contribution >= 0.6 is 0 Å². The lowest BCUT2D eigenvalue weighted by molar-refractivity contribution is 0.195. The molecule has 1 saturated carbocycles. The Morgan fingerprint density at radius 3 is 2.31 bits per heavy atom. The molecular formula is C13H26O2Si. The van der Waals surface area contributed by atoms with Gasteiger partial charge in [-0.05, 0) is 26.7 Å². The van der Waals surface area contributed by atoms with E-state index < -0.39 is 8.56 Å². The number of rotatable bonds is 6. The standard InChI is InChI=1S/C13H26O2Si/c1-6-14-16(12(4)5,15-11(2)3)13-9-7-8-10-13/h12-13H,2,6-10H2,1,3-5H3. The molecule has 0 saturated heterocycles. The summed E-state index contributed by atoms with van der Waals surface area (Å²) >= 11 is 0. The molecule has 1 atom stereocenters. The van der Waals surface area contributed by atoms with E-state index in [1.807, 2.05) is 6.92 Å². The molecule has 0 heterocycles. The fourth-order valence-electron chi connectivity index (χ4n) is 2.81. The summed E-state index contributed by atoms with van der Waals surface area (Å²) in [4.78, 5) is 0. The molecule has 1 fully saturated rings. The summed E-state index contributed by atoms with van der Waals surface area (Å²) in [6.45, 7) is 13.2. The summed E-state index contributed by atoms with van der Waals surface area (Å²) in [5.74, 6) is 0.820. The first-order valence-corrected chi connectivity index (χ1v) is 8.48. The molecule has 2 nitrogen and oxygen atoms in total. The van der Waals surface area contributed by atoms with Crippen molar-refractivity contribution in [2.45, 2.75) is 64.5 Å². The van der Waals surface area contributed by atoms with Gasteiger partial charge in [-0.25, -0.2) is 0 Å². The third-order valence-corrected chi connectivity index (χ3v) is 8.16. The second-order valence-corrected chi connectivity index (χ2v) is 9.00. The van der Waals surface area contributed by atoms with Crippen LogP contribution in [0.2, 0.25) is 11.1 Å². The van der Waals surface area contributed by atoms with E-state index in [1.165, 1.54) is 25.7 Å². The normalized spacial score (nSPS) is 21.1. The van der Waals surface area contributed by atoms with Crippen LogP contribution in [0.25, 0.3) is 0 Å². The maximum Gasteiger partial charge on any atom is 0.404 e. The van der Waals surface area contributed by atoms with Crippen molar-refractivity contribution < 1.29 is 8.85 Å². The van der Waals surface area contributed by atoms with Crippen LogP contribution in [-0.4, -0.2) is 15.2 Å². The predicted molar refractivity (Wildman–Crippen MR) is 70.6 cm³/mol. The molecule has 0 bridgehead atoms. The van der Waals surface area contributed by atoms with Crippen molar-refractivity contribution >= 4 is 8.56 Å². The van der Waals surface area contributed by atoms with Crippen molar-refractivity contribution in [3.8, 4) is 0 Å². The van der Waals surface area contributed by atoms with Crippen LogP contribution in [0.4, 0.5) is 0 Å². The lowest BCUT2D eigenvalue weighted by Gasteiger charge is -2.38. The Labute approximate surface area is 101 Å². The van der Waals surface area contributed by atoms with E-state index in [0.29, 0.717) is 11.1 Å². The van der Waals surface area contributed by atoms with Gasteiger partial charge in [0.2, 0.25) is 0 Å². The van der Waals surface area contributed by atoms with Crippen LogP contribution in [-0.2, 0) is 8.85 Å². The van der Waals surface area contributed by atoms with Gasteiger partial charge in [-0.1, -0.05) is 33.3 Å². The van der Waals surface area contributed by atoms with Crippen LogP contribution in [0, 0.1) is 0 Å². The van der Waals surface area contributed by atoms with Gasteiger partial charge < -0.3 is 8.85 Å². The van der Waals surface area contributed by atoms with Crippen LogP contribution < -0.4 is 0 Å². The third-order valence-electron chi connectivity index (χ3n) is 3.43. The van der Waals surface area contributed by atoms with Crippen LogP contribution in [0.1, 0.15) is 53.4 Å². The highest BCUT2D eigenvalue weighted by molar-refractivity contribution is 6.70. The van der Waals surface area contributed by atoms with Crippen molar-refractivity contribution in [3.05, 3.63) is 12.3 Å². The summed E-state index contributed by atoms with van der Waals surface area (Å²) in [5, 5.41) is 0. The summed E-state index contributed by atoms with van der Waals surface area (Å²) in [6.07, 6.45) is 5.22. The Hall–Kier alpha value is -0.283. The molecule has 0 amide bonds. The zero-order valence-electron chi connectivity index (χ0n) is 11.2. The molecule has 1 unspecified atom stereocenters. The van der Waals surface area contributed by atoms with E-state index in [4.69, 9.17) is 8.85 Å². The molecular weight excluding hydrogens is 216 g/mol. The fraction of sp³-hybridized carbons (Fsp3) is 0.846. The van der Waals surface area contributed by atoms with Gasteiger partial charge in [0.15, 0.2) is 0 Å². The van der Waals surface area contributed by atoms with Crippen molar-refractivity contribution in [1.29, 1.82) is 0 Å². The average Bonchev–Trinajstić information content (AvgIpc) is 2.68. The van der Waals surface area contributed by atoms with Crippen molar-refractivity contribution in [2.75, 3.05) is 6.61 Å². The lowest BCUT2D eigenvalue weighted by Crippen LogP contribution is -2.48. The SMILES string of the molecule is C=C(C)O[Si](OCC)(C(C)C)C1CCCC1. The first-order chi connectivity index (χ1) is 7.53. The van der Waals surface area contributed by atoms with Gasteiger partial charge >= 0.3 is 8.56 Å². The molecule has 0 N–H and O–H groups in total. The maximum absolute atomic E-state index is 6.15. The van der Waals surface area contributed by atoms with E-state index in [9.17, 15) is 0 Å². The third kappa shape index (κ3) is 2.89. The smallest absolute Gasteiger partial charge is 0.404 e. The highest BCUT2D eigenvalue weighted by Crippen LogP contribution is 2.45. The number of allylic oxidation sites excluding steroid dienone is 1. The summed E-state index contributed by atoms with van der Waals surface area (Å²) in [5.41, 5.74) is 1.15. The number of hydrogen-bond donors (Lipinski definition) is 0. The molecule has 1 aliphatic carbocycles. The molecule has 0 radical (unpaired) electrons. The van der Waals surface area contributed by atoms with Gasteiger partial charge in [0, 0.05) is 17.7 Å². The van der Waals surface area contributed by atoms with Gasteiger partial charge in [0.25, 0.3) is 0 Å². The molecule has 0 aromatic carbocycles. The van der Waals surface area contributed by atoms with Gasteiger partial charge in [0.05, 0.1) is 5.76 Å². The Kier molecular flexibility index (Phi) is 5.06. The monoisotopic (exact) mass is 242 g/mol. The quantitative estimate of drug-likeness (QED) is 0.508. The molecule has 0 aromatic rings. The van der Waals surface area contributed by atoms with Crippen molar-refractivity contribution in [1.82, 2.24) is 0 Å². The molecule has 0 spiro atoms. The summed E-state index contributed by atoms with van der Waals surface area (Å²) < 4.78 is 12.3. The Morgan fingerprint density at radius 2 is 1.94 bits per heavy atom. The van der Waals surface area contributed by atoms with E-state index >= 15 is 0 Å². The lowest BCUT2D eigenvalue weighted by atomic mass is 10.4. The Morgan fingerprint density at radius 1 is 1.38 bits per heavy atom. The Balaban J connectivity index is 2.89. The topological polar surface area (TPSA) is 18.5 Å². The van der Waals surface area contributed by atoms with Crippen LogP contribution in [0.15, 0.2) is 12.3 Å². The summed E-state index contributed by atoms with van der Waals surface area (Å²) in [6, 6.07) is 0. The van der Waals surface area contributed by atoms with Crippen molar-refractivity contribution in [2.24, 2.45) is 0 Å². The van der Waals surface area contributed by atoms with E-state index in [2.05, 4.69) is 27.4 Å². The van der Waals surface area contributed by atoms with Crippen molar-refractivity contribution in [3.63, 3.8) is 0 Å². The van der Waals surface area contributed by atoms with Crippen LogP contribution in [0.3, 0.4) is 0 Å². The molecule has 3 heteroatoms. The first-order valence-electron chi connectivity index (χ1n) is 6.51. The van der Waals surface area contributed by atoms with Gasteiger partial charge in [-0.15, -0.1) is 0 Å². The minimum atomic E-state index is -2.10. The highest BCUT2D eigenvalue weighted by atomic mass is 28.4. The molecule has 16 heavy (non-hydrogen) atoms. The van der Waals surface area contributed by atoms with Gasteiger partial charge in [-0.3, -0.25) is 0 Å². The van der Waals surface area contributed by atoms with E-state index in [0.717, 1.165) is 12.4 Å². The Bertz CT molecular complexity index is 234. The van der Waals surface area contributed by atoms with Crippen LogP contribution in [0.5, 0.6) is 0 Å². The molecule has 1 aliphatic rings. The van der Waals surface area contributed by atoms with E-state index in [1.54, 1.807) is 0 Å². The maximum atomic E-state index is 6.15. The minimum Gasteiger partial charge on any atom is -0.524 e. The van der Waals surface area contributed by atoms with E-state index in [-0.39, 0.29) is 0 Å². The molecule has 94 valence electrons. The second-order valence-electron chi connectivity index (χ2n) is 5.09. The zero-order chi connectivity index (χ0) is 12.2. The fourth-order valence-corrected chi connectivity index (χ4v) is 6.99. The largest absolute Gasteiger partial charge is 0.524 e. The van der Waals surface area contributed by atoms with Gasteiger partial charge in [-0.2, -0.15) is 0 Å². The molecule has 1 rings (SSSR count). The average molecular weight is 242 g/mol. The van der Waals surface area contributed by atoms with Gasteiger partial charge in [0.1, 0.15) is 0 Å². The molecule has 0 aliphatic heterocycles. The summed E-state index contributed by atoms with van der Waals surface area (Å²) in [7, 11) is -2.10. The second kappa shape index (κ2) is 5.87. The number of hydrogen-bond acceptors (Lipinski definition) is 2. The molecule has 0 aromatic heterocycles. The highest BCUT2D eigenvalue weighted by Gasteiger charge is 2.51.